The van der Waals surface area contributed by atoms with E-state index < -0.39 is 5.60 Å². The average molecular weight is 303 g/mol. The molecule has 0 aliphatic heterocycles. The SMILES string of the molecule is CC(O)(CNC(=O)COc1ccccc1)c1ccc(F)cc1. The van der Waals surface area contributed by atoms with Crippen LogP contribution in [0.5, 0.6) is 5.75 Å². The van der Waals surface area contributed by atoms with E-state index in [4.69, 9.17) is 4.74 Å². The van der Waals surface area contributed by atoms with Crippen LogP contribution in [0.15, 0.2) is 54.6 Å². The Balaban J connectivity index is 1.83. The molecule has 0 spiro atoms. The van der Waals surface area contributed by atoms with Crippen molar-refractivity contribution in [3.05, 3.63) is 66.0 Å². The number of aliphatic hydroxyl groups is 1. The van der Waals surface area contributed by atoms with Crippen LogP contribution < -0.4 is 10.1 Å². The van der Waals surface area contributed by atoms with Crippen molar-refractivity contribution in [2.45, 2.75) is 12.5 Å². The molecule has 0 radical (unpaired) electrons. The minimum absolute atomic E-state index is 0.00954. The summed E-state index contributed by atoms with van der Waals surface area (Å²) in [6, 6.07) is 14.5. The van der Waals surface area contributed by atoms with Crippen molar-refractivity contribution in [3.8, 4) is 5.75 Å². The maximum atomic E-state index is 12.9. The number of carbonyl (C=O) groups excluding carboxylic acids is 1. The lowest BCUT2D eigenvalue weighted by molar-refractivity contribution is -0.124. The summed E-state index contributed by atoms with van der Waals surface area (Å²) in [6.07, 6.45) is 0. The van der Waals surface area contributed by atoms with Crippen molar-refractivity contribution in [1.29, 1.82) is 0 Å². The van der Waals surface area contributed by atoms with E-state index in [1.165, 1.54) is 24.3 Å². The minimum atomic E-state index is -1.28. The summed E-state index contributed by atoms with van der Waals surface area (Å²) >= 11 is 0. The standard InChI is InChI=1S/C17H18FNO3/c1-17(21,13-7-9-14(18)10-8-13)12-19-16(20)11-22-15-5-3-2-4-6-15/h2-10,21H,11-12H2,1H3,(H,19,20). The van der Waals surface area contributed by atoms with Crippen LogP contribution in [-0.2, 0) is 10.4 Å². The van der Waals surface area contributed by atoms with Crippen molar-refractivity contribution in [2.24, 2.45) is 0 Å². The molecule has 2 rings (SSSR count). The lowest BCUT2D eigenvalue weighted by Crippen LogP contribution is -2.40. The number of nitrogens with one attached hydrogen (secondary N) is 1. The molecule has 1 amide bonds. The number of hydrogen-bond donors (Lipinski definition) is 2. The third-order valence-corrected chi connectivity index (χ3v) is 3.21. The van der Waals surface area contributed by atoms with Crippen LogP contribution in [0.25, 0.3) is 0 Å². The fraction of sp³-hybridized carbons (Fsp3) is 0.235. The second-order valence-electron chi connectivity index (χ2n) is 5.16. The normalized spacial score (nSPS) is 13.2. The van der Waals surface area contributed by atoms with E-state index in [1.54, 1.807) is 19.1 Å². The number of carbonyl (C=O) groups is 1. The number of benzene rings is 2. The van der Waals surface area contributed by atoms with Gasteiger partial charge in [0.15, 0.2) is 6.61 Å². The predicted octanol–water partition coefficient (Wildman–Crippen LogP) is 2.23. The number of para-hydroxylation sites is 1. The molecule has 0 saturated heterocycles. The maximum Gasteiger partial charge on any atom is 0.258 e. The van der Waals surface area contributed by atoms with Crippen LogP contribution in [0, 0.1) is 5.82 Å². The Labute approximate surface area is 128 Å². The van der Waals surface area contributed by atoms with Crippen molar-refractivity contribution < 1.29 is 19.0 Å². The van der Waals surface area contributed by atoms with Crippen molar-refractivity contribution >= 4 is 5.91 Å². The maximum absolute atomic E-state index is 12.9. The molecular formula is C17H18FNO3. The smallest absolute Gasteiger partial charge is 0.258 e. The van der Waals surface area contributed by atoms with Crippen LogP contribution >= 0.6 is 0 Å². The van der Waals surface area contributed by atoms with Gasteiger partial charge >= 0.3 is 0 Å². The van der Waals surface area contributed by atoms with Gasteiger partial charge in [-0.25, -0.2) is 4.39 Å². The molecule has 0 aromatic heterocycles. The molecule has 0 heterocycles. The Morgan fingerprint density at radius 3 is 2.45 bits per heavy atom. The lowest BCUT2D eigenvalue weighted by Gasteiger charge is -2.24. The molecule has 1 atom stereocenters. The molecule has 2 aromatic rings. The first kappa shape index (κ1) is 16.0. The number of amides is 1. The Morgan fingerprint density at radius 1 is 1.18 bits per heavy atom. The van der Waals surface area contributed by atoms with Crippen molar-refractivity contribution in [2.75, 3.05) is 13.2 Å². The van der Waals surface area contributed by atoms with Gasteiger partial charge in [-0.05, 0) is 36.8 Å². The summed E-state index contributed by atoms with van der Waals surface area (Å²) in [5.41, 5.74) is -0.756. The van der Waals surface area contributed by atoms with Gasteiger partial charge in [0.1, 0.15) is 17.2 Å². The first-order chi connectivity index (χ1) is 10.5. The topological polar surface area (TPSA) is 58.6 Å². The van der Waals surface area contributed by atoms with E-state index in [1.807, 2.05) is 18.2 Å². The highest BCUT2D eigenvalue weighted by molar-refractivity contribution is 5.77. The average Bonchev–Trinajstić information content (AvgIpc) is 2.52. The van der Waals surface area contributed by atoms with Crippen molar-refractivity contribution in [3.63, 3.8) is 0 Å². The molecular weight excluding hydrogens is 285 g/mol. The van der Waals surface area contributed by atoms with E-state index in [0.717, 1.165) is 0 Å². The Hall–Kier alpha value is -2.40. The second kappa shape index (κ2) is 7.04. The van der Waals surface area contributed by atoms with Gasteiger partial charge in [-0.15, -0.1) is 0 Å². The third kappa shape index (κ3) is 4.56. The first-order valence-electron chi connectivity index (χ1n) is 6.90. The van der Waals surface area contributed by atoms with Gasteiger partial charge in [-0.3, -0.25) is 4.79 Å². The molecule has 0 saturated carbocycles. The minimum Gasteiger partial charge on any atom is -0.484 e. The van der Waals surface area contributed by atoms with Gasteiger partial charge in [0, 0.05) is 0 Å². The van der Waals surface area contributed by atoms with Gasteiger partial charge in [0.05, 0.1) is 6.54 Å². The Morgan fingerprint density at radius 2 is 1.82 bits per heavy atom. The van der Waals surface area contributed by atoms with Crippen LogP contribution in [0.1, 0.15) is 12.5 Å². The fourth-order valence-corrected chi connectivity index (χ4v) is 1.90. The zero-order chi connectivity index (χ0) is 16.0. The largest absolute Gasteiger partial charge is 0.484 e. The number of rotatable bonds is 6. The lowest BCUT2D eigenvalue weighted by atomic mass is 9.96. The summed E-state index contributed by atoms with van der Waals surface area (Å²) in [4.78, 5) is 11.7. The number of hydrogen-bond acceptors (Lipinski definition) is 3. The molecule has 5 heteroatoms. The van der Waals surface area contributed by atoms with E-state index >= 15 is 0 Å². The highest BCUT2D eigenvalue weighted by atomic mass is 19.1. The predicted molar refractivity (Wildman–Crippen MR) is 80.9 cm³/mol. The second-order valence-corrected chi connectivity index (χ2v) is 5.16. The molecule has 4 nitrogen and oxygen atoms in total. The Kier molecular flexibility index (Phi) is 5.12. The van der Waals surface area contributed by atoms with E-state index in [9.17, 15) is 14.3 Å². The molecule has 2 N–H and O–H groups in total. The quantitative estimate of drug-likeness (QED) is 0.860. The van der Waals surface area contributed by atoms with Crippen LogP contribution in [0.2, 0.25) is 0 Å². The zero-order valence-corrected chi connectivity index (χ0v) is 12.3. The van der Waals surface area contributed by atoms with E-state index in [2.05, 4.69) is 5.32 Å². The molecule has 0 fully saturated rings. The summed E-state index contributed by atoms with van der Waals surface area (Å²) < 4.78 is 18.2. The monoisotopic (exact) mass is 303 g/mol. The van der Waals surface area contributed by atoms with Gasteiger partial charge in [-0.1, -0.05) is 30.3 Å². The molecule has 0 aliphatic rings. The molecule has 22 heavy (non-hydrogen) atoms. The highest BCUT2D eigenvalue weighted by Gasteiger charge is 2.23. The molecule has 0 bridgehead atoms. The van der Waals surface area contributed by atoms with Gasteiger partial charge in [0.2, 0.25) is 0 Å². The van der Waals surface area contributed by atoms with Crippen LogP contribution in [0.3, 0.4) is 0 Å². The summed E-state index contributed by atoms with van der Waals surface area (Å²) in [5, 5.41) is 12.9. The van der Waals surface area contributed by atoms with Gasteiger partial charge in [-0.2, -0.15) is 0 Å². The highest BCUT2D eigenvalue weighted by Crippen LogP contribution is 2.19. The first-order valence-corrected chi connectivity index (χ1v) is 6.90. The van der Waals surface area contributed by atoms with Gasteiger partial charge < -0.3 is 15.2 Å². The Bertz CT molecular complexity index is 612. The van der Waals surface area contributed by atoms with Gasteiger partial charge in [0.25, 0.3) is 5.91 Å². The third-order valence-electron chi connectivity index (χ3n) is 3.21. The molecule has 2 aromatic carbocycles. The number of ether oxygens (including phenoxy) is 1. The molecule has 0 aliphatic carbocycles. The summed E-state index contributed by atoms with van der Waals surface area (Å²) in [5.74, 6) is -0.117. The number of halogens is 1. The summed E-state index contributed by atoms with van der Waals surface area (Å²) in [6.45, 7) is 1.43. The molecule has 1 unspecified atom stereocenters. The summed E-state index contributed by atoms with van der Waals surface area (Å²) in [7, 11) is 0. The van der Waals surface area contributed by atoms with Crippen LogP contribution in [-0.4, -0.2) is 24.2 Å². The van der Waals surface area contributed by atoms with Crippen molar-refractivity contribution in [1.82, 2.24) is 5.32 Å². The van der Waals surface area contributed by atoms with E-state index in [-0.39, 0.29) is 24.9 Å². The molecule has 116 valence electrons. The fourth-order valence-electron chi connectivity index (χ4n) is 1.90. The zero-order valence-electron chi connectivity index (χ0n) is 12.3. The van der Waals surface area contributed by atoms with E-state index in [0.29, 0.717) is 11.3 Å². The van der Waals surface area contributed by atoms with Crippen LogP contribution in [0.4, 0.5) is 4.39 Å².